The Bertz CT molecular complexity index is 159. The second-order valence-electron chi connectivity index (χ2n) is 2.33. The molecule has 0 nitrogen and oxygen atoms in total. The van der Waals surface area contributed by atoms with Gasteiger partial charge in [-0.05, 0) is 37.0 Å². The van der Waals surface area contributed by atoms with Crippen molar-refractivity contribution in [3.63, 3.8) is 0 Å². The van der Waals surface area contributed by atoms with Crippen molar-refractivity contribution in [2.45, 2.75) is 27.2 Å². The molecule has 0 saturated carbocycles. The highest BCUT2D eigenvalue weighted by atomic mass is 14.1. The van der Waals surface area contributed by atoms with Crippen LogP contribution in [0.2, 0.25) is 0 Å². The van der Waals surface area contributed by atoms with Crippen LogP contribution >= 0.6 is 0 Å². The molecule has 0 aromatic carbocycles. The van der Waals surface area contributed by atoms with Gasteiger partial charge in [0.1, 0.15) is 0 Å². The fourth-order valence-electron chi connectivity index (χ4n) is 1.02. The van der Waals surface area contributed by atoms with Gasteiger partial charge >= 0.3 is 0 Å². The van der Waals surface area contributed by atoms with Crippen LogP contribution in [0.3, 0.4) is 0 Å². The quantitative estimate of drug-likeness (QED) is 0.484. The molecule has 0 radical (unpaired) electrons. The van der Waals surface area contributed by atoms with Crippen LogP contribution < -0.4 is 0 Å². The van der Waals surface area contributed by atoms with Gasteiger partial charge in [0.25, 0.3) is 0 Å². The summed E-state index contributed by atoms with van der Waals surface area (Å²) < 4.78 is 0. The van der Waals surface area contributed by atoms with E-state index in [1.165, 1.54) is 23.1 Å². The summed E-state index contributed by atoms with van der Waals surface area (Å²) in [5.74, 6) is 0. The predicted octanol–water partition coefficient (Wildman–Crippen LogP) is 2.67. The molecule has 0 saturated heterocycles. The molecule has 0 aromatic rings. The summed E-state index contributed by atoms with van der Waals surface area (Å²) in [6.45, 7) is 6.55. The molecular weight excluding hydrogens is 96.1 g/mol. The molecule has 0 aromatic heterocycles. The Balaban J connectivity index is 2.63. The molecule has 0 fully saturated rings. The maximum atomic E-state index is 2.26. The zero-order chi connectivity index (χ0) is 6.15. The van der Waals surface area contributed by atoms with E-state index < -0.39 is 0 Å². The van der Waals surface area contributed by atoms with Crippen molar-refractivity contribution in [1.29, 1.82) is 0 Å². The third-order valence-corrected chi connectivity index (χ3v) is 1.84. The topological polar surface area (TPSA) is 0 Å². The Morgan fingerprint density at radius 1 is 1.38 bits per heavy atom. The Morgan fingerprint density at radius 2 is 2.00 bits per heavy atom. The number of hydrogen-bond donors (Lipinski definition) is 0. The van der Waals surface area contributed by atoms with Crippen molar-refractivity contribution in [3.05, 3.63) is 22.8 Å². The minimum atomic E-state index is 1.20. The van der Waals surface area contributed by atoms with E-state index in [1.54, 1.807) is 0 Å². The minimum absolute atomic E-state index is 1.20. The molecule has 0 amide bonds. The molecule has 0 atom stereocenters. The van der Waals surface area contributed by atoms with Gasteiger partial charge < -0.3 is 0 Å². The average Bonchev–Trinajstić information content (AvgIpc) is 1.81. The lowest BCUT2D eigenvalue weighted by Crippen LogP contribution is -1.96. The second kappa shape index (κ2) is 1.77. The van der Waals surface area contributed by atoms with Crippen LogP contribution in [0.25, 0.3) is 0 Å². The predicted molar refractivity (Wildman–Crippen MR) is 36.7 cm³/mol. The van der Waals surface area contributed by atoms with Gasteiger partial charge in [-0.2, -0.15) is 0 Å². The fraction of sp³-hybridized carbons (Fsp3) is 0.500. The normalized spacial score (nSPS) is 18.1. The summed E-state index contributed by atoms with van der Waals surface area (Å²) in [5.41, 5.74) is 4.50. The largest absolute Gasteiger partial charge is 0.0613 e. The zero-order valence-corrected chi connectivity index (χ0v) is 5.78. The van der Waals surface area contributed by atoms with E-state index in [0.29, 0.717) is 0 Å². The van der Waals surface area contributed by atoms with E-state index in [9.17, 15) is 0 Å². The summed E-state index contributed by atoms with van der Waals surface area (Å²) in [7, 11) is 0. The number of rotatable bonds is 1. The number of allylic oxidation sites excluding steroid dienone is 4. The van der Waals surface area contributed by atoms with Crippen molar-refractivity contribution in [2.75, 3.05) is 0 Å². The summed E-state index contributed by atoms with van der Waals surface area (Å²) >= 11 is 0. The first-order valence-corrected chi connectivity index (χ1v) is 3.14. The molecule has 0 N–H and O–H groups in total. The molecule has 44 valence electrons. The Morgan fingerprint density at radius 3 is 2.12 bits per heavy atom. The maximum absolute atomic E-state index is 2.26. The van der Waals surface area contributed by atoms with E-state index in [1.807, 2.05) is 0 Å². The van der Waals surface area contributed by atoms with Crippen LogP contribution in [-0.2, 0) is 0 Å². The smallest absolute Gasteiger partial charge is 0.0305 e. The molecule has 1 aliphatic carbocycles. The van der Waals surface area contributed by atoms with Crippen LogP contribution in [0.4, 0.5) is 0 Å². The standard InChI is InChI=1S/C8H12/c1-4-8-5-6(2)7(8)3/h5H,4H2,1-3H3. The second-order valence-corrected chi connectivity index (χ2v) is 2.33. The molecule has 1 rings (SSSR count). The summed E-state index contributed by atoms with van der Waals surface area (Å²) in [5, 5.41) is 0. The molecule has 8 heavy (non-hydrogen) atoms. The van der Waals surface area contributed by atoms with Gasteiger partial charge in [0.2, 0.25) is 0 Å². The Labute approximate surface area is 50.9 Å². The lowest BCUT2D eigenvalue weighted by Gasteiger charge is -2.16. The molecular formula is C8H12. The van der Waals surface area contributed by atoms with E-state index in [2.05, 4.69) is 26.8 Å². The van der Waals surface area contributed by atoms with E-state index in [0.717, 1.165) is 0 Å². The van der Waals surface area contributed by atoms with Gasteiger partial charge in [-0.3, -0.25) is 0 Å². The van der Waals surface area contributed by atoms with Gasteiger partial charge in [-0.25, -0.2) is 0 Å². The van der Waals surface area contributed by atoms with E-state index >= 15 is 0 Å². The minimum Gasteiger partial charge on any atom is -0.0613 e. The molecule has 0 unspecified atom stereocenters. The van der Waals surface area contributed by atoms with Crippen LogP contribution in [0, 0.1) is 0 Å². The lowest BCUT2D eigenvalue weighted by atomic mass is 9.90. The van der Waals surface area contributed by atoms with Gasteiger partial charge in [0, 0.05) is 0 Å². The van der Waals surface area contributed by atoms with Crippen LogP contribution in [0.1, 0.15) is 27.2 Å². The SMILES string of the molecule is CCC1=C(C)C(C)=C1. The first kappa shape index (κ1) is 5.61. The molecule has 0 aliphatic heterocycles. The Kier molecular flexibility index (Phi) is 1.24. The number of hydrogen-bond acceptors (Lipinski definition) is 0. The van der Waals surface area contributed by atoms with Crippen molar-refractivity contribution in [1.82, 2.24) is 0 Å². The highest BCUT2D eigenvalue weighted by molar-refractivity contribution is 5.49. The molecule has 0 heterocycles. The highest BCUT2D eigenvalue weighted by Crippen LogP contribution is 2.27. The van der Waals surface area contributed by atoms with E-state index in [4.69, 9.17) is 0 Å². The summed E-state index contributed by atoms with van der Waals surface area (Å²) in [6, 6.07) is 0. The van der Waals surface area contributed by atoms with Gasteiger partial charge in [0.05, 0.1) is 0 Å². The van der Waals surface area contributed by atoms with Crippen LogP contribution in [0.15, 0.2) is 22.8 Å². The van der Waals surface area contributed by atoms with Crippen molar-refractivity contribution < 1.29 is 0 Å². The fourth-order valence-corrected chi connectivity index (χ4v) is 1.02. The first-order chi connectivity index (χ1) is 3.75. The Hall–Kier alpha value is -0.520. The van der Waals surface area contributed by atoms with E-state index in [-0.39, 0.29) is 0 Å². The summed E-state index contributed by atoms with van der Waals surface area (Å²) in [6.07, 6.45) is 3.46. The average molecular weight is 108 g/mol. The molecule has 1 aliphatic rings. The van der Waals surface area contributed by atoms with Crippen molar-refractivity contribution in [2.24, 2.45) is 0 Å². The third-order valence-electron chi connectivity index (χ3n) is 1.84. The van der Waals surface area contributed by atoms with Crippen LogP contribution in [0.5, 0.6) is 0 Å². The molecule has 0 heteroatoms. The van der Waals surface area contributed by atoms with Gasteiger partial charge in [-0.15, -0.1) is 0 Å². The maximum Gasteiger partial charge on any atom is -0.0305 e. The highest BCUT2D eigenvalue weighted by Gasteiger charge is 2.07. The third kappa shape index (κ3) is 0.605. The zero-order valence-electron chi connectivity index (χ0n) is 5.78. The lowest BCUT2D eigenvalue weighted by molar-refractivity contribution is 1.05. The van der Waals surface area contributed by atoms with Crippen molar-refractivity contribution >= 4 is 0 Å². The van der Waals surface area contributed by atoms with Crippen molar-refractivity contribution in [3.8, 4) is 0 Å². The molecule has 0 spiro atoms. The molecule has 0 bridgehead atoms. The van der Waals surface area contributed by atoms with Crippen LogP contribution in [-0.4, -0.2) is 0 Å². The summed E-state index contributed by atoms with van der Waals surface area (Å²) in [4.78, 5) is 0. The van der Waals surface area contributed by atoms with Gasteiger partial charge in [-0.1, -0.05) is 13.0 Å². The monoisotopic (exact) mass is 108 g/mol. The van der Waals surface area contributed by atoms with Gasteiger partial charge in [0.15, 0.2) is 0 Å². The first-order valence-electron chi connectivity index (χ1n) is 3.14.